The molecule has 200 valence electrons. The summed E-state index contributed by atoms with van der Waals surface area (Å²) in [5, 5.41) is 4.37. The molecule has 0 aliphatic rings. The monoisotopic (exact) mass is 529 g/mol. The quantitative estimate of drug-likeness (QED) is 0.161. The summed E-state index contributed by atoms with van der Waals surface area (Å²) in [5.74, 6) is 0.978. The van der Waals surface area contributed by atoms with Crippen molar-refractivity contribution in [2.24, 2.45) is 5.10 Å². The van der Waals surface area contributed by atoms with Crippen LogP contribution in [0.2, 0.25) is 0 Å². The van der Waals surface area contributed by atoms with Crippen LogP contribution in [0, 0.1) is 6.92 Å². The highest BCUT2D eigenvalue weighted by atomic mass is 16.5. The molecule has 0 spiro atoms. The molecule has 0 fully saturated rings. The van der Waals surface area contributed by atoms with Crippen molar-refractivity contribution in [1.29, 1.82) is 0 Å². The molecule has 0 radical (unpaired) electrons. The normalized spacial score (nSPS) is 11.0. The molecule has 0 atom stereocenters. The number of nitrogens with one attached hydrogen (secondary N) is 1. The summed E-state index contributed by atoms with van der Waals surface area (Å²) in [6.45, 7) is 4.53. The van der Waals surface area contributed by atoms with Gasteiger partial charge in [-0.15, -0.1) is 0 Å². The SMILES string of the molecule is CCOc1ccc(-n2c(-c3ccccc3)cc(/C=N\NC(=O)c3ccc(C)cc3OC)c2-c2ccccc2)cc1. The number of nitrogens with zero attached hydrogens (tertiary/aromatic N) is 2. The molecule has 1 N–H and O–H groups in total. The first-order valence-electron chi connectivity index (χ1n) is 13.2. The van der Waals surface area contributed by atoms with E-state index < -0.39 is 0 Å². The van der Waals surface area contributed by atoms with Crippen molar-refractivity contribution in [3.05, 3.63) is 126 Å². The number of ether oxygens (including phenoxy) is 2. The molecule has 4 aromatic carbocycles. The third kappa shape index (κ3) is 5.66. The summed E-state index contributed by atoms with van der Waals surface area (Å²) in [4.78, 5) is 13.0. The molecular weight excluding hydrogens is 498 g/mol. The maximum atomic E-state index is 13.0. The number of carbonyl (C=O) groups is 1. The minimum Gasteiger partial charge on any atom is -0.496 e. The van der Waals surface area contributed by atoms with Gasteiger partial charge >= 0.3 is 0 Å². The fourth-order valence-electron chi connectivity index (χ4n) is 4.67. The van der Waals surface area contributed by atoms with Crippen molar-refractivity contribution in [1.82, 2.24) is 9.99 Å². The maximum absolute atomic E-state index is 13.0. The highest BCUT2D eigenvalue weighted by Gasteiger charge is 2.19. The molecular formula is C34H31N3O3. The molecule has 1 amide bonds. The van der Waals surface area contributed by atoms with E-state index in [9.17, 15) is 4.79 Å². The average Bonchev–Trinajstić information content (AvgIpc) is 3.38. The van der Waals surface area contributed by atoms with Crippen LogP contribution in [0.5, 0.6) is 11.5 Å². The molecule has 0 aliphatic carbocycles. The minimum atomic E-state index is -0.344. The van der Waals surface area contributed by atoms with Crippen molar-refractivity contribution >= 4 is 12.1 Å². The molecule has 0 aliphatic heterocycles. The van der Waals surface area contributed by atoms with E-state index in [4.69, 9.17) is 9.47 Å². The largest absolute Gasteiger partial charge is 0.496 e. The number of hydrazone groups is 1. The van der Waals surface area contributed by atoms with Crippen molar-refractivity contribution in [3.63, 3.8) is 0 Å². The van der Waals surface area contributed by atoms with Crippen molar-refractivity contribution in [2.45, 2.75) is 13.8 Å². The van der Waals surface area contributed by atoms with Crippen molar-refractivity contribution < 1.29 is 14.3 Å². The Morgan fingerprint density at radius 1 is 0.875 bits per heavy atom. The van der Waals surface area contributed by atoms with Gasteiger partial charge in [0.25, 0.3) is 5.91 Å². The van der Waals surface area contributed by atoms with Crippen LogP contribution >= 0.6 is 0 Å². The van der Waals surface area contributed by atoms with Gasteiger partial charge in [0.1, 0.15) is 11.5 Å². The van der Waals surface area contributed by atoms with Gasteiger partial charge in [0.05, 0.1) is 36.9 Å². The van der Waals surface area contributed by atoms with E-state index in [2.05, 4.69) is 57.6 Å². The number of hydrogen-bond acceptors (Lipinski definition) is 4. The summed E-state index contributed by atoms with van der Waals surface area (Å²) in [5.41, 5.74) is 9.97. The number of aryl methyl sites for hydroxylation is 1. The summed E-state index contributed by atoms with van der Waals surface area (Å²) < 4.78 is 13.3. The van der Waals surface area contributed by atoms with Crippen LogP contribution in [0.15, 0.2) is 114 Å². The Morgan fingerprint density at radius 2 is 1.55 bits per heavy atom. The molecule has 6 heteroatoms. The van der Waals surface area contributed by atoms with Crippen molar-refractivity contribution in [2.75, 3.05) is 13.7 Å². The first-order valence-corrected chi connectivity index (χ1v) is 13.2. The van der Waals surface area contributed by atoms with E-state index >= 15 is 0 Å². The van der Waals surface area contributed by atoms with Crippen molar-refractivity contribution in [3.8, 4) is 39.7 Å². The van der Waals surface area contributed by atoms with Crippen LogP contribution in [-0.2, 0) is 0 Å². The van der Waals surface area contributed by atoms with Gasteiger partial charge in [-0.2, -0.15) is 5.10 Å². The van der Waals surface area contributed by atoms with Gasteiger partial charge in [0.2, 0.25) is 0 Å². The summed E-state index contributed by atoms with van der Waals surface area (Å²) in [7, 11) is 1.55. The first kappa shape index (κ1) is 26.5. The average molecular weight is 530 g/mol. The number of aromatic nitrogens is 1. The van der Waals surface area contributed by atoms with E-state index in [1.807, 2.05) is 74.5 Å². The Balaban J connectivity index is 1.61. The lowest BCUT2D eigenvalue weighted by atomic mass is 10.1. The predicted molar refractivity (Wildman–Crippen MR) is 161 cm³/mol. The highest BCUT2D eigenvalue weighted by Crippen LogP contribution is 2.36. The number of rotatable bonds is 9. The van der Waals surface area contributed by atoms with E-state index in [-0.39, 0.29) is 5.91 Å². The number of hydrogen-bond donors (Lipinski definition) is 1. The Kier molecular flexibility index (Phi) is 8.07. The van der Waals surface area contributed by atoms with Crippen LogP contribution in [0.1, 0.15) is 28.4 Å². The maximum Gasteiger partial charge on any atom is 0.275 e. The fourth-order valence-corrected chi connectivity index (χ4v) is 4.67. The second-order valence-electron chi connectivity index (χ2n) is 9.23. The third-order valence-corrected chi connectivity index (χ3v) is 6.52. The molecule has 5 aromatic rings. The number of methoxy groups -OCH3 is 1. The first-order chi connectivity index (χ1) is 19.6. The standard InChI is InChI=1S/C34H31N3O3/c1-4-40-29-18-16-28(17-19-29)37-31(25-11-7-5-8-12-25)22-27(33(37)26-13-9-6-10-14-26)23-35-36-34(38)30-20-15-24(2)21-32(30)39-3/h5-23H,4H2,1-3H3,(H,36,38)/b35-23-. The zero-order valence-corrected chi connectivity index (χ0v) is 22.8. The molecule has 0 bridgehead atoms. The second-order valence-corrected chi connectivity index (χ2v) is 9.23. The van der Waals surface area contributed by atoms with E-state index in [0.29, 0.717) is 17.9 Å². The summed E-state index contributed by atoms with van der Waals surface area (Å²) >= 11 is 0. The molecule has 1 heterocycles. The van der Waals surface area contributed by atoms with Gasteiger partial charge in [0, 0.05) is 11.3 Å². The summed E-state index contributed by atoms with van der Waals surface area (Å²) in [6, 6.07) is 36.0. The smallest absolute Gasteiger partial charge is 0.275 e. The molecule has 0 saturated carbocycles. The molecule has 0 unspecified atom stereocenters. The lowest BCUT2D eigenvalue weighted by Gasteiger charge is -2.15. The number of amides is 1. The van der Waals surface area contributed by atoms with Crippen LogP contribution in [0.4, 0.5) is 0 Å². The molecule has 40 heavy (non-hydrogen) atoms. The van der Waals surface area contributed by atoms with Crippen LogP contribution in [0.3, 0.4) is 0 Å². The Hall–Kier alpha value is -5.10. The van der Waals surface area contributed by atoms with Crippen LogP contribution in [0.25, 0.3) is 28.2 Å². The Bertz CT molecular complexity index is 1620. The van der Waals surface area contributed by atoms with E-state index in [1.54, 1.807) is 19.4 Å². The Labute approximate surface area is 234 Å². The zero-order valence-electron chi connectivity index (χ0n) is 22.8. The highest BCUT2D eigenvalue weighted by molar-refractivity contribution is 5.98. The summed E-state index contributed by atoms with van der Waals surface area (Å²) in [6.07, 6.45) is 1.69. The fraction of sp³-hybridized carbons (Fsp3) is 0.118. The molecule has 5 rings (SSSR count). The van der Waals surface area contributed by atoms with Gasteiger partial charge in [-0.25, -0.2) is 5.43 Å². The van der Waals surface area contributed by atoms with Crippen LogP contribution in [-0.4, -0.2) is 30.4 Å². The third-order valence-electron chi connectivity index (χ3n) is 6.52. The molecule has 6 nitrogen and oxygen atoms in total. The van der Waals surface area contributed by atoms with E-state index in [0.717, 1.165) is 45.1 Å². The van der Waals surface area contributed by atoms with E-state index in [1.165, 1.54) is 0 Å². The topological polar surface area (TPSA) is 64.8 Å². The minimum absolute atomic E-state index is 0.344. The predicted octanol–water partition coefficient (Wildman–Crippen LogP) is 7.29. The second kappa shape index (κ2) is 12.2. The van der Waals surface area contributed by atoms with Gasteiger partial charge in [-0.05, 0) is 73.0 Å². The Morgan fingerprint density at radius 3 is 2.20 bits per heavy atom. The van der Waals surface area contributed by atoms with Gasteiger partial charge in [-0.3, -0.25) is 4.79 Å². The zero-order chi connectivity index (χ0) is 27.9. The lowest BCUT2D eigenvalue weighted by molar-refractivity contribution is 0.0952. The number of carbonyl (C=O) groups excluding carboxylic acids is 1. The number of benzene rings is 4. The van der Waals surface area contributed by atoms with Crippen LogP contribution < -0.4 is 14.9 Å². The lowest BCUT2D eigenvalue weighted by Crippen LogP contribution is -2.18. The molecule has 0 saturated heterocycles. The van der Waals surface area contributed by atoms with Gasteiger partial charge in [-0.1, -0.05) is 66.7 Å². The van der Waals surface area contributed by atoms with Gasteiger partial charge < -0.3 is 14.0 Å². The van der Waals surface area contributed by atoms with Gasteiger partial charge in [0.15, 0.2) is 0 Å². The molecule has 1 aromatic heterocycles.